The molecule has 0 aliphatic carbocycles. The molecule has 0 bridgehead atoms. The van der Waals surface area contributed by atoms with Crippen LogP contribution in [0.25, 0.3) is 17.1 Å². The maximum atomic E-state index is 13.1. The van der Waals surface area contributed by atoms with Crippen LogP contribution in [0.5, 0.6) is 5.75 Å². The maximum absolute atomic E-state index is 13.1. The summed E-state index contributed by atoms with van der Waals surface area (Å²) < 4.78 is 20.6. The van der Waals surface area contributed by atoms with Crippen molar-refractivity contribution in [2.45, 2.75) is 17.5 Å². The molecular weight excluding hydrogens is 511 g/mol. The fraction of sp³-hybridized carbons (Fsp3) is 0.115. The Hall–Kier alpha value is -4.09. The number of amides is 1. The molecule has 186 valence electrons. The van der Waals surface area contributed by atoms with Crippen LogP contribution < -0.4 is 10.1 Å². The third kappa shape index (κ3) is 5.68. The highest BCUT2D eigenvalue weighted by Gasteiger charge is 2.20. The van der Waals surface area contributed by atoms with Crippen molar-refractivity contribution in [2.75, 3.05) is 7.11 Å². The second-order valence-electron chi connectivity index (χ2n) is 7.78. The van der Waals surface area contributed by atoms with Crippen LogP contribution in [0.2, 0.25) is 0 Å². The molecule has 3 heterocycles. The van der Waals surface area contributed by atoms with Crippen LogP contribution in [0.15, 0.2) is 83.6 Å². The van der Waals surface area contributed by atoms with Crippen LogP contribution in [0.3, 0.4) is 0 Å². The Labute approximate surface area is 220 Å². The Kier molecular flexibility index (Phi) is 7.52. The third-order valence-corrected chi connectivity index (χ3v) is 7.33. The topological polar surface area (TPSA) is 94.8 Å². The summed E-state index contributed by atoms with van der Waals surface area (Å²) in [6.07, 6.45) is 3.45. The molecule has 3 aromatic heterocycles. The van der Waals surface area contributed by atoms with E-state index < -0.39 is 0 Å². The van der Waals surface area contributed by atoms with Gasteiger partial charge in [0.15, 0.2) is 11.0 Å². The normalized spacial score (nSPS) is 10.9. The average molecular weight is 533 g/mol. The minimum Gasteiger partial charge on any atom is -0.495 e. The Bertz CT molecular complexity index is 1510. The number of ether oxygens (including phenoxy) is 1. The lowest BCUT2D eigenvalue weighted by atomic mass is 10.2. The number of aromatic nitrogens is 5. The average Bonchev–Trinajstić information content (AvgIpc) is 3.59. The minimum atomic E-state index is -0.314. The summed E-state index contributed by atoms with van der Waals surface area (Å²) in [5, 5.41) is 14.8. The van der Waals surface area contributed by atoms with Gasteiger partial charge in [0.05, 0.1) is 18.6 Å². The molecule has 0 atom stereocenters. The van der Waals surface area contributed by atoms with E-state index in [-0.39, 0.29) is 11.7 Å². The number of pyridine rings is 1. The van der Waals surface area contributed by atoms with Gasteiger partial charge >= 0.3 is 0 Å². The van der Waals surface area contributed by atoms with Gasteiger partial charge < -0.3 is 10.1 Å². The SMILES string of the molecule is COc1ccccc1-n1c(SCc2nc(C(=O)NCc3ccc(F)cc3)cs2)nnc1-c1cccnc1. The molecular formula is C26H21FN6O2S2. The molecule has 0 saturated heterocycles. The van der Waals surface area contributed by atoms with Gasteiger partial charge in [-0.25, -0.2) is 9.37 Å². The standard InChI is InChI=1S/C26H21FN6O2S2/c1-35-22-7-3-2-6-21(22)33-24(18-5-4-12-28-14-18)31-32-26(33)37-16-23-30-20(15-36-23)25(34)29-13-17-8-10-19(27)11-9-17/h2-12,14-15H,13,16H2,1H3,(H,29,34). The predicted molar refractivity (Wildman–Crippen MR) is 140 cm³/mol. The van der Waals surface area contributed by atoms with E-state index in [1.165, 1.54) is 35.2 Å². The van der Waals surface area contributed by atoms with Gasteiger partial charge in [-0.15, -0.1) is 21.5 Å². The largest absolute Gasteiger partial charge is 0.495 e. The van der Waals surface area contributed by atoms with Crippen molar-refractivity contribution in [3.05, 3.63) is 101 Å². The minimum absolute atomic E-state index is 0.284. The molecule has 0 aliphatic heterocycles. The molecule has 0 aliphatic rings. The van der Waals surface area contributed by atoms with Crippen LogP contribution in [0, 0.1) is 5.82 Å². The monoisotopic (exact) mass is 532 g/mol. The highest BCUT2D eigenvalue weighted by atomic mass is 32.2. The van der Waals surface area contributed by atoms with Gasteiger partial charge in [-0.05, 0) is 42.0 Å². The van der Waals surface area contributed by atoms with Crippen molar-refractivity contribution in [3.63, 3.8) is 0 Å². The zero-order valence-electron chi connectivity index (χ0n) is 19.7. The molecule has 11 heteroatoms. The first kappa shape index (κ1) is 24.6. The number of rotatable bonds is 9. The molecule has 8 nitrogen and oxygen atoms in total. The number of thiazole rings is 1. The van der Waals surface area contributed by atoms with Gasteiger partial charge in [0, 0.05) is 29.9 Å². The van der Waals surface area contributed by atoms with E-state index >= 15 is 0 Å². The van der Waals surface area contributed by atoms with Crippen LogP contribution in [0.4, 0.5) is 4.39 Å². The van der Waals surface area contributed by atoms with Gasteiger partial charge in [0.2, 0.25) is 0 Å². The van der Waals surface area contributed by atoms with Gasteiger partial charge in [-0.2, -0.15) is 0 Å². The molecule has 5 rings (SSSR count). The van der Waals surface area contributed by atoms with E-state index in [4.69, 9.17) is 4.74 Å². The number of hydrogen-bond donors (Lipinski definition) is 1. The number of nitrogens with one attached hydrogen (secondary N) is 1. The van der Waals surface area contributed by atoms with Crippen LogP contribution in [0.1, 0.15) is 21.1 Å². The van der Waals surface area contributed by atoms with Gasteiger partial charge in [0.25, 0.3) is 5.91 Å². The van der Waals surface area contributed by atoms with E-state index in [0.717, 1.165) is 21.8 Å². The lowest BCUT2D eigenvalue weighted by Gasteiger charge is -2.13. The number of hydrogen-bond acceptors (Lipinski definition) is 8. The number of nitrogens with zero attached hydrogens (tertiary/aromatic N) is 5. The number of carbonyl (C=O) groups is 1. The molecule has 0 radical (unpaired) electrons. The molecule has 1 N–H and O–H groups in total. The quantitative estimate of drug-likeness (QED) is 0.262. The molecule has 0 unspecified atom stereocenters. The van der Waals surface area contributed by atoms with Gasteiger partial charge in [-0.1, -0.05) is 36.0 Å². The lowest BCUT2D eigenvalue weighted by molar-refractivity contribution is 0.0946. The first-order valence-electron chi connectivity index (χ1n) is 11.2. The smallest absolute Gasteiger partial charge is 0.271 e. The van der Waals surface area contributed by atoms with Crippen molar-refractivity contribution in [2.24, 2.45) is 0 Å². The number of methoxy groups -OCH3 is 1. The zero-order chi connectivity index (χ0) is 25.6. The number of halogens is 1. The van der Waals surface area contributed by atoms with E-state index in [0.29, 0.717) is 34.7 Å². The summed E-state index contributed by atoms with van der Waals surface area (Å²) in [5.41, 5.74) is 2.77. The van der Waals surface area contributed by atoms with Gasteiger partial charge in [-0.3, -0.25) is 14.3 Å². The van der Waals surface area contributed by atoms with E-state index in [1.807, 2.05) is 41.0 Å². The zero-order valence-corrected chi connectivity index (χ0v) is 21.3. The molecule has 2 aromatic carbocycles. The molecule has 0 fully saturated rings. The molecule has 1 amide bonds. The first-order valence-corrected chi connectivity index (χ1v) is 13.1. The predicted octanol–water partition coefficient (Wildman–Crippen LogP) is 5.16. The number of para-hydroxylation sites is 2. The van der Waals surface area contributed by atoms with Crippen molar-refractivity contribution >= 4 is 29.0 Å². The van der Waals surface area contributed by atoms with Gasteiger partial charge in [0.1, 0.15) is 22.3 Å². The lowest BCUT2D eigenvalue weighted by Crippen LogP contribution is -2.23. The fourth-order valence-electron chi connectivity index (χ4n) is 3.56. The Morgan fingerprint density at radius 1 is 1.11 bits per heavy atom. The van der Waals surface area contributed by atoms with Crippen LogP contribution in [-0.4, -0.2) is 37.7 Å². The van der Waals surface area contributed by atoms with E-state index in [1.54, 1.807) is 37.0 Å². The summed E-state index contributed by atoms with van der Waals surface area (Å²) >= 11 is 2.86. The molecule has 0 saturated carbocycles. The van der Waals surface area contributed by atoms with Crippen molar-refractivity contribution in [1.29, 1.82) is 0 Å². The highest BCUT2D eigenvalue weighted by molar-refractivity contribution is 7.98. The highest BCUT2D eigenvalue weighted by Crippen LogP contribution is 2.33. The second kappa shape index (κ2) is 11.3. The molecule has 37 heavy (non-hydrogen) atoms. The Morgan fingerprint density at radius 2 is 1.95 bits per heavy atom. The van der Waals surface area contributed by atoms with Crippen molar-refractivity contribution in [1.82, 2.24) is 30.0 Å². The first-order chi connectivity index (χ1) is 18.1. The summed E-state index contributed by atoms with van der Waals surface area (Å²) in [6, 6.07) is 17.4. The van der Waals surface area contributed by atoms with Crippen LogP contribution >= 0.6 is 23.1 Å². The summed E-state index contributed by atoms with van der Waals surface area (Å²) in [5.74, 6) is 1.22. The fourth-order valence-corrected chi connectivity index (χ4v) is 5.30. The number of carbonyl (C=O) groups excluding carboxylic acids is 1. The maximum Gasteiger partial charge on any atom is 0.271 e. The van der Waals surface area contributed by atoms with E-state index in [9.17, 15) is 9.18 Å². The van der Waals surface area contributed by atoms with Crippen molar-refractivity contribution in [3.8, 4) is 22.8 Å². The molecule has 0 spiro atoms. The molecule has 5 aromatic rings. The number of benzene rings is 2. The summed E-state index contributed by atoms with van der Waals surface area (Å²) in [4.78, 5) is 21.3. The van der Waals surface area contributed by atoms with E-state index in [2.05, 4.69) is 25.5 Å². The Morgan fingerprint density at radius 3 is 2.73 bits per heavy atom. The second-order valence-corrected chi connectivity index (χ2v) is 9.66. The summed E-state index contributed by atoms with van der Waals surface area (Å²) in [7, 11) is 1.62. The number of thioether (sulfide) groups is 1. The third-order valence-electron chi connectivity index (χ3n) is 5.35. The Balaban J connectivity index is 1.33. The van der Waals surface area contributed by atoms with Crippen molar-refractivity contribution < 1.29 is 13.9 Å². The van der Waals surface area contributed by atoms with Crippen LogP contribution in [-0.2, 0) is 12.3 Å². The summed E-state index contributed by atoms with van der Waals surface area (Å²) in [6.45, 7) is 0.292.